The van der Waals surface area contributed by atoms with E-state index in [9.17, 15) is 26.4 Å². The van der Waals surface area contributed by atoms with Crippen LogP contribution < -0.4 is 5.32 Å². The van der Waals surface area contributed by atoms with Gasteiger partial charge in [0.25, 0.3) is 0 Å². The Labute approximate surface area is 164 Å². The predicted octanol–water partition coefficient (Wildman–Crippen LogP) is 3.79. The number of oxazole rings is 1. The first-order valence-electron chi connectivity index (χ1n) is 8.25. The fourth-order valence-corrected chi connectivity index (χ4v) is 4.09. The van der Waals surface area contributed by atoms with Gasteiger partial charge in [-0.25, -0.2) is 13.4 Å². The maximum atomic E-state index is 13.0. The number of amides is 1. The number of sulfone groups is 1. The molecule has 0 aliphatic heterocycles. The molecule has 29 heavy (non-hydrogen) atoms. The van der Waals surface area contributed by atoms with Crippen molar-refractivity contribution >= 4 is 26.8 Å². The maximum Gasteiger partial charge on any atom is 0.416 e. The smallest absolute Gasteiger partial charge is 0.416 e. The van der Waals surface area contributed by atoms with Crippen LogP contribution in [0.3, 0.4) is 0 Å². The highest BCUT2D eigenvalue weighted by atomic mass is 32.2. The number of aromatic nitrogens is 1. The maximum absolute atomic E-state index is 13.0. The molecule has 1 heterocycles. The van der Waals surface area contributed by atoms with Crippen LogP contribution in [0.15, 0.2) is 63.3 Å². The molecule has 6 nitrogen and oxygen atoms in total. The molecule has 2 aromatic carbocycles. The van der Waals surface area contributed by atoms with E-state index in [4.69, 9.17) is 4.42 Å². The van der Waals surface area contributed by atoms with E-state index in [0.717, 1.165) is 18.2 Å². The highest BCUT2D eigenvalue weighted by Gasteiger charge is 2.31. The Morgan fingerprint density at radius 2 is 1.86 bits per heavy atom. The second-order valence-corrected chi connectivity index (χ2v) is 8.00. The quantitative estimate of drug-likeness (QED) is 0.630. The molecule has 0 unspecified atom stereocenters. The van der Waals surface area contributed by atoms with Crippen molar-refractivity contribution in [2.24, 2.45) is 0 Å². The predicted molar refractivity (Wildman–Crippen MR) is 97.7 cm³/mol. The van der Waals surface area contributed by atoms with E-state index in [1.807, 2.05) is 0 Å². The average molecular weight is 424 g/mol. The van der Waals surface area contributed by atoms with Crippen LogP contribution in [-0.2, 0) is 27.4 Å². The van der Waals surface area contributed by atoms with Gasteiger partial charge in [0.2, 0.25) is 15.7 Å². The summed E-state index contributed by atoms with van der Waals surface area (Å²) in [6, 6.07) is 5.94. The Hall–Kier alpha value is -3.14. The van der Waals surface area contributed by atoms with E-state index < -0.39 is 27.5 Å². The molecule has 1 aromatic heterocycles. The molecule has 1 N–H and O–H groups in total. The third kappa shape index (κ3) is 4.02. The van der Waals surface area contributed by atoms with Gasteiger partial charge in [-0.05, 0) is 36.4 Å². The van der Waals surface area contributed by atoms with Crippen LogP contribution in [0.1, 0.15) is 17.0 Å². The average Bonchev–Trinajstić information content (AvgIpc) is 3.06. The Morgan fingerprint density at radius 1 is 1.21 bits per heavy atom. The lowest BCUT2D eigenvalue weighted by Gasteiger charge is -2.10. The molecule has 10 heteroatoms. The zero-order valence-corrected chi connectivity index (χ0v) is 15.9. The first kappa shape index (κ1) is 20.6. The van der Waals surface area contributed by atoms with Crippen LogP contribution in [-0.4, -0.2) is 19.3 Å². The molecule has 0 saturated carbocycles. The largest absolute Gasteiger partial charge is 0.441 e. The van der Waals surface area contributed by atoms with E-state index in [1.165, 1.54) is 19.1 Å². The van der Waals surface area contributed by atoms with E-state index >= 15 is 0 Å². The number of hydrogen-bond acceptors (Lipinski definition) is 5. The fourth-order valence-electron chi connectivity index (χ4n) is 2.70. The number of nitrogens with zero attached hydrogens (tertiary/aromatic N) is 1. The number of carbonyl (C=O) groups is 1. The van der Waals surface area contributed by atoms with Crippen molar-refractivity contribution in [1.82, 2.24) is 10.3 Å². The minimum atomic E-state index is -4.57. The highest BCUT2D eigenvalue weighted by molar-refractivity contribution is 7.91. The Morgan fingerprint density at radius 3 is 2.45 bits per heavy atom. The lowest BCUT2D eigenvalue weighted by atomic mass is 10.2. The molecule has 152 valence electrons. The monoisotopic (exact) mass is 424 g/mol. The SMILES string of the molecule is C=CC(=O)NCc1ccc(S(=O)(=O)c2ccc(C(F)(F)F)cc2)c2nc(C)oc12. The van der Waals surface area contributed by atoms with Gasteiger partial charge in [-0.3, -0.25) is 4.79 Å². The van der Waals surface area contributed by atoms with Crippen molar-refractivity contribution < 1.29 is 30.8 Å². The Bertz CT molecular complexity index is 1200. The summed E-state index contributed by atoms with van der Waals surface area (Å²) in [6.45, 7) is 4.92. The number of nitrogens with one attached hydrogen (secondary N) is 1. The standard InChI is InChI=1S/C19H15F3N2O4S/c1-3-16(25)23-10-12-4-9-15(17-18(12)28-11(2)24-17)29(26,27)14-7-5-13(6-8-14)19(20,21)22/h3-9H,1,10H2,2H3,(H,23,25). The van der Waals surface area contributed by atoms with Crippen LogP contribution in [0.2, 0.25) is 0 Å². The molecule has 1 amide bonds. The zero-order chi connectivity index (χ0) is 21.4. The molecule has 3 aromatic rings. The summed E-state index contributed by atoms with van der Waals surface area (Å²) >= 11 is 0. The normalized spacial score (nSPS) is 12.1. The third-order valence-corrected chi connectivity index (χ3v) is 5.92. The van der Waals surface area contributed by atoms with E-state index in [0.29, 0.717) is 17.7 Å². The highest BCUT2D eigenvalue weighted by Crippen LogP contribution is 2.33. The van der Waals surface area contributed by atoms with Gasteiger partial charge in [-0.2, -0.15) is 13.2 Å². The summed E-state index contributed by atoms with van der Waals surface area (Å²) in [7, 11) is -4.16. The van der Waals surface area contributed by atoms with Crippen molar-refractivity contribution in [2.75, 3.05) is 0 Å². The van der Waals surface area contributed by atoms with Gasteiger partial charge in [0.1, 0.15) is 10.4 Å². The number of hydrogen-bond donors (Lipinski definition) is 1. The van der Waals surface area contributed by atoms with Gasteiger partial charge in [0.15, 0.2) is 11.5 Å². The Kier molecular flexibility index (Phi) is 5.22. The molecule has 0 fully saturated rings. The van der Waals surface area contributed by atoms with Gasteiger partial charge >= 0.3 is 6.18 Å². The summed E-state index contributed by atoms with van der Waals surface area (Å²) in [5, 5.41) is 2.56. The number of rotatable bonds is 5. The second-order valence-electron chi connectivity index (χ2n) is 6.08. The number of aryl methyl sites for hydroxylation is 1. The molecule has 0 saturated heterocycles. The summed E-state index contributed by atoms with van der Waals surface area (Å²) in [4.78, 5) is 15.0. The molecular formula is C19H15F3N2O4S. The van der Waals surface area contributed by atoms with E-state index in [1.54, 1.807) is 0 Å². The van der Waals surface area contributed by atoms with E-state index in [2.05, 4.69) is 16.9 Å². The molecular weight excluding hydrogens is 409 g/mol. The fraction of sp³-hybridized carbons (Fsp3) is 0.158. The number of carbonyl (C=O) groups excluding carboxylic acids is 1. The van der Waals surface area contributed by atoms with Crippen LogP contribution in [0.4, 0.5) is 13.2 Å². The van der Waals surface area contributed by atoms with Crippen molar-refractivity contribution in [2.45, 2.75) is 29.4 Å². The molecule has 0 spiro atoms. The van der Waals surface area contributed by atoms with Crippen LogP contribution >= 0.6 is 0 Å². The van der Waals surface area contributed by atoms with Gasteiger partial charge < -0.3 is 9.73 Å². The summed E-state index contributed by atoms with van der Waals surface area (Å²) in [5.74, 6) is -0.220. The first-order valence-corrected chi connectivity index (χ1v) is 9.74. The minimum Gasteiger partial charge on any atom is -0.441 e. The van der Waals surface area contributed by atoms with Gasteiger partial charge in [-0.15, -0.1) is 0 Å². The molecule has 0 aliphatic carbocycles. The van der Waals surface area contributed by atoms with Crippen LogP contribution in [0.25, 0.3) is 11.1 Å². The molecule has 3 rings (SSSR count). The number of alkyl halides is 3. The summed E-state index contributed by atoms with van der Waals surface area (Å²) < 4.78 is 69.7. The second kappa shape index (κ2) is 7.36. The third-order valence-electron chi connectivity index (χ3n) is 4.11. The lowest BCUT2D eigenvalue weighted by molar-refractivity contribution is -0.137. The van der Waals surface area contributed by atoms with Crippen LogP contribution in [0, 0.1) is 6.92 Å². The Balaban J connectivity index is 2.07. The molecule has 0 bridgehead atoms. The summed E-state index contributed by atoms with van der Waals surface area (Å²) in [6.07, 6.45) is -3.48. The van der Waals surface area contributed by atoms with Crippen molar-refractivity contribution in [3.8, 4) is 0 Å². The zero-order valence-electron chi connectivity index (χ0n) is 15.1. The number of fused-ring (bicyclic) bond motifs is 1. The van der Waals surface area contributed by atoms with Gasteiger partial charge in [-0.1, -0.05) is 12.6 Å². The molecule has 0 radical (unpaired) electrons. The topological polar surface area (TPSA) is 89.3 Å². The van der Waals surface area contributed by atoms with Crippen molar-refractivity contribution in [3.63, 3.8) is 0 Å². The first-order chi connectivity index (χ1) is 13.5. The lowest BCUT2D eigenvalue weighted by Crippen LogP contribution is -2.20. The minimum absolute atomic E-state index is 0.0350. The molecule has 0 atom stereocenters. The van der Waals surface area contributed by atoms with Gasteiger partial charge in [0.05, 0.1) is 10.5 Å². The van der Waals surface area contributed by atoms with Crippen LogP contribution in [0.5, 0.6) is 0 Å². The van der Waals surface area contributed by atoms with Gasteiger partial charge in [0, 0.05) is 19.0 Å². The molecule has 0 aliphatic rings. The number of benzene rings is 2. The van der Waals surface area contributed by atoms with Crippen molar-refractivity contribution in [3.05, 3.63) is 66.1 Å². The van der Waals surface area contributed by atoms with Crippen molar-refractivity contribution in [1.29, 1.82) is 0 Å². The summed E-state index contributed by atoms with van der Waals surface area (Å²) in [5.41, 5.74) is -0.262. The number of halogens is 3. The van der Waals surface area contributed by atoms with E-state index in [-0.39, 0.29) is 33.3 Å².